The molecule has 1 fully saturated rings. The minimum absolute atomic E-state index is 0.415. The summed E-state index contributed by atoms with van der Waals surface area (Å²) in [6.45, 7) is 2.82. The highest BCUT2D eigenvalue weighted by Crippen LogP contribution is 2.47. The van der Waals surface area contributed by atoms with E-state index in [1.54, 1.807) is 6.08 Å². The molecule has 1 heterocycles. The lowest BCUT2D eigenvalue weighted by Gasteiger charge is -2.29. The van der Waals surface area contributed by atoms with Gasteiger partial charge in [0.25, 0.3) is 0 Å². The van der Waals surface area contributed by atoms with Crippen molar-refractivity contribution in [1.82, 2.24) is 0 Å². The van der Waals surface area contributed by atoms with E-state index in [1.807, 2.05) is 6.07 Å². The first-order valence-corrected chi connectivity index (χ1v) is 7.60. The second kappa shape index (κ2) is 5.23. The van der Waals surface area contributed by atoms with Crippen molar-refractivity contribution in [2.45, 2.75) is 51.0 Å². The summed E-state index contributed by atoms with van der Waals surface area (Å²) in [5.74, 6) is 0.822. The van der Waals surface area contributed by atoms with Crippen LogP contribution in [0.4, 0.5) is 0 Å². The number of hydrogen-bond donors (Lipinski definition) is 0. The van der Waals surface area contributed by atoms with Crippen molar-refractivity contribution in [3.05, 3.63) is 27.8 Å². The zero-order chi connectivity index (χ0) is 14.2. The molecule has 1 aromatic rings. The van der Waals surface area contributed by atoms with Crippen molar-refractivity contribution in [2.75, 3.05) is 6.61 Å². The number of aliphatic imine (C=N–C) groups is 1. The standard InChI is InChI=1S/C16H18ClNO2/c1-11-12-5-4-8-20-15(12)14(17)9-13(11)16(18-10-19)6-2-3-7-16/h9H,2-8H2,1H3. The maximum absolute atomic E-state index is 10.9. The van der Waals surface area contributed by atoms with Crippen molar-refractivity contribution in [1.29, 1.82) is 0 Å². The Labute approximate surface area is 124 Å². The lowest BCUT2D eigenvalue weighted by Crippen LogP contribution is -2.22. The monoisotopic (exact) mass is 291 g/mol. The number of rotatable bonds is 2. The molecular weight excluding hydrogens is 274 g/mol. The number of nitrogens with zero attached hydrogens (tertiary/aromatic N) is 1. The molecule has 0 bridgehead atoms. The molecule has 4 heteroatoms. The molecule has 1 aliphatic heterocycles. The third kappa shape index (κ3) is 2.06. The van der Waals surface area contributed by atoms with E-state index in [9.17, 15) is 4.79 Å². The molecule has 1 aromatic carbocycles. The number of benzene rings is 1. The van der Waals surface area contributed by atoms with Crippen LogP contribution in [-0.2, 0) is 16.8 Å². The van der Waals surface area contributed by atoms with Crippen LogP contribution in [0.5, 0.6) is 5.75 Å². The summed E-state index contributed by atoms with van der Waals surface area (Å²) in [6.07, 6.45) is 7.76. The smallest absolute Gasteiger partial charge is 0.235 e. The average molecular weight is 292 g/mol. The summed E-state index contributed by atoms with van der Waals surface area (Å²) >= 11 is 6.39. The van der Waals surface area contributed by atoms with Crippen molar-refractivity contribution in [3.63, 3.8) is 0 Å². The quantitative estimate of drug-likeness (QED) is 0.608. The third-order valence-electron chi connectivity index (χ3n) is 4.63. The largest absolute Gasteiger partial charge is 0.492 e. The summed E-state index contributed by atoms with van der Waals surface area (Å²) in [6, 6.07) is 1.95. The minimum Gasteiger partial charge on any atom is -0.492 e. The molecule has 0 amide bonds. The molecule has 0 radical (unpaired) electrons. The number of carbonyl (C=O) groups excluding carboxylic acids is 1. The second-order valence-corrected chi connectivity index (χ2v) is 6.14. The Morgan fingerprint density at radius 2 is 2.10 bits per heavy atom. The van der Waals surface area contributed by atoms with Gasteiger partial charge in [-0.25, -0.2) is 4.79 Å². The van der Waals surface area contributed by atoms with Crippen LogP contribution in [0.15, 0.2) is 11.1 Å². The number of isocyanates is 1. The van der Waals surface area contributed by atoms with Gasteiger partial charge in [0.15, 0.2) is 0 Å². The van der Waals surface area contributed by atoms with Gasteiger partial charge in [0.2, 0.25) is 6.08 Å². The van der Waals surface area contributed by atoms with Gasteiger partial charge in [-0.1, -0.05) is 24.4 Å². The molecule has 3 rings (SSSR count). The molecule has 2 aliphatic rings. The Kier molecular flexibility index (Phi) is 3.57. The fourth-order valence-corrected chi connectivity index (χ4v) is 3.91. The van der Waals surface area contributed by atoms with Gasteiger partial charge in [-0.2, -0.15) is 4.99 Å². The molecular formula is C16H18ClNO2. The van der Waals surface area contributed by atoms with Crippen LogP contribution in [0.2, 0.25) is 5.02 Å². The van der Waals surface area contributed by atoms with Crippen LogP contribution >= 0.6 is 11.6 Å². The normalized spacial score (nSPS) is 19.9. The zero-order valence-corrected chi connectivity index (χ0v) is 12.4. The minimum atomic E-state index is -0.415. The maximum atomic E-state index is 10.9. The van der Waals surface area contributed by atoms with E-state index in [2.05, 4.69) is 11.9 Å². The SMILES string of the molecule is Cc1c(C2(N=C=O)CCCC2)cc(Cl)c2c1CCCO2. The molecule has 0 spiro atoms. The third-order valence-corrected chi connectivity index (χ3v) is 4.91. The van der Waals surface area contributed by atoms with Crippen molar-refractivity contribution in [3.8, 4) is 5.75 Å². The van der Waals surface area contributed by atoms with E-state index in [-0.39, 0.29) is 0 Å². The molecule has 0 atom stereocenters. The molecule has 1 saturated carbocycles. The van der Waals surface area contributed by atoms with Crippen LogP contribution in [-0.4, -0.2) is 12.7 Å². The molecule has 106 valence electrons. The topological polar surface area (TPSA) is 38.7 Å². The molecule has 1 aliphatic carbocycles. The summed E-state index contributed by atoms with van der Waals surface area (Å²) in [7, 11) is 0. The van der Waals surface area contributed by atoms with Crippen LogP contribution in [0.1, 0.15) is 48.8 Å². The fourth-order valence-electron chi connectivity index (χ4n) is 3.63. The molecule has 0 N–H and O–H groups in total. The van der Waals surface area contributed by atoms with Crippen molar-refractivity contribution < 1.29 is 9.53 Å². The summed E-state index contributed by atoms with van der Waals surface area (Å²) in [5.41, 5.74) is 3.05. The van der Waals surface area contributed by atoms with E-state index in [1.165, 1.54) is 11.1 Å². The highest BCUT2D eigenvalue weighted by Gasteiger charge is 2.38. The predicted molar refractivity (Wildman–Crippen MR) is 78.3 cm³/mol. The van der Waals surface area contributed by atoms with Gasteiger partial charge in [0.05, 0.1) is 17.2 Å². The highest BCUT2D eigenvalue weighted by molar-refractivity contribution is 6.32. The van der Waals surface area contributed by atoms with Crippen molar-refractivity contribution in [2.24, 2.45) is 4.99 Å². The second-order valence-electron chi connectivity index (χ2n) is 5.73. The Morgan fingerprint density at radius 3 is 2.80 bits per heavy atom. The molecule has 20 heavy (non-hydrogen) atoms. The van der Waals surface area contributed by atoms with E-state index < -0.39 is 5.54 Å². The van der Waals surface area contributed by atoms with Crippen molar-refractivity contribution >= 4 is 17.7 Å². The van der Waals surface area contributed by atoms with E-state index in [4.69, 9.17) is 16.3 Å². The van der Waals surface area contributed by atoms with Crippen LogP contribution < -0.4 is 4.74 Å². The van der Waals surface area contributed by atoms with Gasteiger partial charge in [-0.15, -0.1) is 0 Å². The lowest BCUT2D eigenvalue weighted by atomic mass is 9.83. The fraction of sp³-hybridized carbons (Fsp3) is 0.562. The van der Waals surface area contributed by atoms with Gasteiger partial charge in [0.1, 0.15) is 5.75 Å². The van der Waals surface area contributed by atoms with Crippen LogP contribution in [0, 0.1) is 6.92 Å². The van der Waals surface area contributed by atoms with E-state index in [0.29, 0.717) is 5.02 Å². The first-order chi connectivity index (χ1) is 9.68. The van der Waals surface area contributed by atoms with E-state index >= 15 is 0 Å². The summed E-state index contributed by atoms with van der Waals surface area (Å²) in [5, 5.41) is 0.646. The Morgan fingerprint density at radius 1 is 1.35 bits per heavy atom. The highest BCUT2D eigenvalue weighted by atomic mass is 35.5. The van der Waals surface area contributed by atoms with Gasteiger partial charge in [-0.3, -0.25) is 0 Å². The number of halogens is 1. The number of hydrogen-bond acceptors (Lipinski definition) is 3. The van der Waals surface area contributed by atoms with Gasteiger partial charge >= 0.3 is 0 Å². The Bertz CT molecular complexity index is 585. The van der Waals surface area contributed by atoms with Crippen LogP contribution in [0.3, 0.4) is 0 Å². The molecule has 3 nitrogen and oxygen atoms in total. The first-order valence-electron chi connectivity index (χ1n) is 7.22. The molecule has 0 saturated heterocycles. The predicted octanol–water partition coefficient (Wildman–Crippen LogP) is 4.08. The summed E-state index contributed by atoms with van der Waals surface area (Å²) < 4.78 is 5.71. The first kappa shape index (κ1) is 13.7. The number of fused-ring (bicyclic) bond motifs is 1. The summed E-state index contributed by atoms with van der Waals surface area (Å²) in [4.78, 5) is 15.0. The maximum Gasteiger partial charge on any atom is 0.235 e. The van der Waals surface area contributed by atoms with Gasteiger partial charge < -0.3 is 4.74 Å². The van der Waals surface area contributed by atoms with Gasteiger partial charge in [0, 0.05) is 0 Å². The average Bonchev–Trinajstić information content (AvgIpc) is 2.93. The Hall–Kier alpha value is -1.31. The zero-order valence-electron chi connectivity index (χ0n) is 11.7. The molecule has 0 aromatic heterocycles. The van der Waals surface area contributed by atoms with Gasteiger partial charge in [-0.05, 0) is 55.4 Å². The molecule has 0 unspecified atom stereocenters. The number of ether oxygens (including phenoxy) is 1. The van der Waals surface area contributed by atoms with E-state index in [0.717, 1.165) is 56.4 Å². The lowest BCUT2D eigenvalue weighted by molar-refractivity contribution is 0.287. The Balaban J connectivity index is 2.18. The van der Waals surface area contributed by atoms with Crippen LogP contribution in [0.25, 0.3) is 0 Å².